The second-order valence-electron chi connectivity index (χ2n) is 8.64. The lowest BCUT2D eigenvalue weighted by molar-refractivity contribution is -0.149. The molecule has 9 nitrogen and oxygen atoms in total. The zero-order valence-corrected chi connectivity index (χ0v) is 22.3. The van der Waals surface area contributed by atoms with Crippen LogP contribution >= 0.6 is 0 Å². The summed E-state index contributed by atoms with van der Waals surface area (Å²) in [4.78, 5) is 26.5. The van der Waals surface area contributed by atoms with Crippen molar-refractivity contribution in [3.63, 3.8) is 0 Å². The van der Waals surface area contributed by atoms with Gasteiger partial charge in [0.15, 0.2) is 25.2 Å². The van der Waals surface area contributed by atoms with Crippen LogP contribution in [-0.4, -0.2) is 59.0 Å². The molecule has 0 spiro atoms. The molecule has 1 aliphatic heterocycles. The topological polar surface area (TPSA) is 133 Å². The number of hydrogen-bond donors (Lipinski definition) is 1. The molecule has 0 radical (unpaired) electrons. The van der Waals surface area contributed by atoms with Crippen LogP contribution in [0.5, 0.6) is 0 Å². The van der Waals surface area contributed by atoms with E-state index >= 15 is 0 Å². The van der Waals surface area contributed by atoms with E-state index in [9.17, 15) is 26.4 Å². The summed E-state index contributed by atoms with van der Waals surface area (Å²) in [5.74, 6) is -2.07. The van der Waals surface area contributed by atoms with E-state index in [0.717, 1.165) is 7.11 Å². The van der Waals surface area contributed by atoms with Gasteiger partial charge in [0.25, 0.3) is 0 Å². The molecule has 11 heteroatoms. The van der Waals surface area contributed by atoms with Gasteiger partial charge in [-0.3, -0.25) is 10.1 Å². The average molecular weight is 558 g/mol. The van der Waals surface area contributed by atoms with Gasteiger partial charge in [0.2, 0.25) is 0 Å². The first kappa shape index (κ1) is 27.5. The molecule has 0 bridgehead atoms. The Balaban J connectivity index is 2.12. The zero-order chi connectivity index (χ0) is 27.6. The number of carbonyl (C=O) groups excluding carboxylic acids is 2. The number of rotatable bonds is 8. The third-order valence-electron chi connectivity index (χ3n) is 6.55. The standard InChI is InChI=1S/C27H27NO8S2/c1-3-36-25(29)22-23(37(31,32)20-15-9-5-10-16-20)24(38(33,34)21-17-11-6-12-18-21)27(28-22,26(30)35-2)19-13-7-4-8-14-19/h4-18,22-24,28H,3H2,1-2H3/t22-,23+,24-,27-/m1/s1. The molecular weight excluding hydrogens is 530 g/mol. The fraction of sp³-hybridized carbons (Fsp3) is 0.259. The largest absolute Gasteiger partial charge is 0.467 e. The van der Waals surface area contributed by atoms with Crippen LogP contribution in [0.1, 0.15) is 12.5 Å². The van der Waals surface area contributed by atoms with Gasteiger partial charge in [-0.05, 0) is 36.8 Å². The van der Waals surface area contributed by atoms with Crippen molar-refractivity contribution >= 4 is 31.6 Å². The normalized spacial score (nSPS) is 23.5. The summed E-state index contributed by atoms with van der Waals surface area (Å²) in [6.07, 6.45) is 0. The van der Waals surface area contributed by atoms with E-state index in [1.165, 1.54) is 67.6 Å². The monoisotopic (exact) mass is 557 g/mol. The maximum atomic E-state index is 14.4. The summed E-state index contributed by atoms with van der Waals surface area (Å²) in [5, 5.41) is -1.16. The number of nitrogens with one attached hydrogen (secondary N) is 1. The Hall–Kier alpha value is -3.54. The molecule has 1 N–H and O–H groups in total. The van der Waals surface area contributed by atoms with Crippen molar-refractivity contribution in [3.05, 3.63) is 96.6 Å². The van der Waals surface area contributed by atoms with Crippen molar-refractivity contribution < 1.29 is 35.9 Å². The maximum absolute atomic E-state index is 14.4. The van der Waals surface area contributed by atoms with Crippen LogP contribution in [-0.2, 0) is 44.3 Å². The van der Waals surface area contributed by atoms with Crippen LogP contribution in [0.25, 0.3) is 0 Å². The molecule has 1 saturated heterocycles. The van der Waals surface area contributed by atoms with Crippen molar-refractivity contribution in [3.8, 4) is 0 Å². The first-order valence-electron chi connectivity index (χ1n) is 11.8. The van der Waals surface area contributed by atoms with Gasteiger partial charge < -0.3 is 9.47 Å². The van der Waals surface area contributed by atoms with Crippen LogP contribution in [0.15, 0.2) is 101 Å². The average Bonchev–Trinajstić information content (AvgIpc) is 3.33. The summed E-state index contributed by atoms with van der Waals surface area (Å²) in [7, 11) is -8.12. The summed E-state index contributed by atoms with van der Waals surface area (Å²) in [5.41, 5.74) is -2.15. The highest BCUT2D eigenvalue weighted by molar-refractivity contribution is 7.96. The Morgan fingerprint density at radius 3 is 1.74 bits per heavy atom. The lowest BCUT2D eigenvalue weighted by Crippen LogP contribution is -2.57. The zero-order valence-electron chi connectivity index (χ0n) is 20.7. The van der Waals surface area contributed by atoms with Gasteiger partial charge in [-0.1, -0.05) is 66.7 Å². The van der Waals surface area contributed by atoms with Gasteiger partial charge in [0, 0.05) is 0 Å². The minimum Gasteiger partial charge on any atom is -0.467 e. The van der Waals surface area contributed by atoms with Gasteiger partial charge in [-0.15, -0.1) is 0 Å². The molecule has 1 heterocycles. The van der Waals surface area contributed by atoms with E-state index in [1.807, 2.05) is 0 Å². The van der Waals surface area contributed by atoms with Gasteiger partial charge in [-0.25, -0.2) is 21.6 Å². The minimum absolute atomic E-state index is 0.0955. The highest BCUT2D eigenvalue weighted by atomic mass is 32.2. The first-order chi connectivity index (χ1) is 18.1. The van der Waals surface area contributed by atoms with Crippen molar-refractivity contribution in [2.45, 2.75) is 38.8 Å². The third-order valence-corrected chi connectivity index (χ3v) is 11.2. The summed E-state index contributed by atoms with van der Waals surface area (Å²) in [6.45, 7) is 1.44. The van der Waals surface area contributed by atoms with E-state index in [-0.39, 0.29) is 22.0 Å². The van der Waals surface area contributed by atoms with Crippen molar-refractivity contribution in [1.82, 2.24) is 5.32 Å². The highest BCUT2D eigenvalue weighted by Gasteiger charge is 2.69. The van der Waals surface area contributed by atoms with E-state index in [1.54, 1.807) is 30.3 Å². The van der Waals surface area contributed by atoms with Crippen molar-refractivity contribution in [2.24, 2.45) is 0 Å². The fourth-order valence-electron chi connectivity index (χ4n) is 4.93. The Labute approximate surface area is 221 Å². The predicted octanol–water partition coefficient (Wildman–Crippen LogP) is 2.27. The number of hydrogen-bond acceptors (Lipinski definition) is 9. The van der Waals surface area contributed by atoms with Crippen LogP contribution in [0.3, 0.4) is 0 Å². The van der Waals surface area contributed by atoms with Crippen LogP contribution in [0.4, 0.5) is 0 Å². The Morgan fingerprint density at radius 1 is 0.789 bits per heavy atom. The summed E-state index contributed by atoms with van der Waals surface area (Å²) < 4.78 is 67.5. The third kappa shape index (κ3) is 4.50. The van der Waals surface area contributed by atoms with Crippen molar-refractivity contribution in [1.29, 1.82) is 0 Å². The van der Waals surface area contributed by atoms with Crippen molar-refractivity contribution in [2.75, 3.05) is 13.7 Å². The van der Waals surface area contributed by atoms with Gasteiger partial charge in [0.05, 0.1) is 23.5 Å². The smallest absolute Gasteiger partial charge is 0.332 e. The molecular formula is C27H27NO8S2. The first-order valence-corrected chi connectivity index (χ1v) is 14.9. The van der Waals surface area contributed by atoms with E-state index in [2.05, 4.69) is 5.32 Å². The number of carbonyl (C=O) groups is 2. The molecule has 1 fully saturated rings. The second-order valence-corrected chi connectivity index (χ2v) is 12.8. The number of methoxy groups -OCH3 is 1. The van der Waals surface area contributed by atoms with Crippen LogP contribution in [0.2, 0.25) is 0 Å². The fourth-order valence-corrected chi connectivity index (χ4v) is 9.83. The number of benzene rings is 3. The van der Waals surface area contributed by atoms with E-state index in [0.29, 0.717) is 0 Å². The van der Waals surface area contributed by atoms with Crippen LogP contribution < -0.4 is 5.32 Å². The molecule has 38 heavy (non-hydrogen) atoms. The Morgan fingerprint density at radius 2 is 1.26 bits per heavy atom. The number of sulfone groups is 2. The predicted molar refractivity (Wildman–Crippen MR) is 139 cm³/mol. The molecule has 3 aromatic rings. The highest BCUT2D eigenvalue weighted by Crippen LogP contribution is 2.46. The van der Waals surface area contributed by atoms with Gasteiger partial charge in [-0.2, -0.15) is 0 Å². The molecule has 0 aliphatic carbocycles. The van der Waals surface area contributed by atoms with Crippen LogP contribution in [0, 0.1) is 0 Å². The SMILES string of the molecule is CCOC(=O)[C@@H]1N[C@](C(=O)OC)(c2ccccc2)[C@H](S(=O)(=O)c2ccccc2)[C@H]1S(=O)(=O)c1ccccc1. The molecule has 3 aromatic carbocycles. The van der Waals surface area contributed by atoms with E-state index < -0.39 is 53.7 Å². The minimum atomic E-state index is -4.62. The summed E-state index contributed by atoms with van der Waals surface area (Å²) in [6, 6.07) is 20.5. The quantitative estimate of drug-likeness (QED) is 0.414. The second kappa shape index (κ2) is 10.7. The number of esters is 2. The Bertz CT molecular complexity index is 1510. The summed E-state index contributed by atoms with van der Waals surface area (Å²) >= 11 is 0. The molecule has 0 saturated carbocycles. The van der Waals surface area contributed by atoms with E-state index in [4.69, 9.17) is 9.47 Å². The molecule has 4 rings (SSSR count). The number of ether oxygens (including phenoxy) is 2. The lowest BCUT2D eigenvalue weighted by Gasteiger charge is -2.34. The molecule has 0 amide bonds. The maximum Gasteiger partial charge on any atom is 0.332 e. The molecule has 0 aromatic heterocycles. The molecule has 1 aliphatic rings. The van der Waals surface area contributed by atoms with Gasteiger partial charge >= 0.3 is 11.9 Å². The lowest BCUT2D eigenvalue weighted by atomic mass is 9.87. The molecule has 0 unspecified atom stereocenters. The molecule has 4 atom stereocenters. The molecule has 200 valence electrons. The van der Waals surface area contributed by atoms with Gasteiger partial charge in [0.1, 0.15) is 16.5 Å². The Kier molecular flexibility index (Phi) is 7.73.